The molecule has 1 aromatic carbocycles. The van der Waals surface area contributed by atoms with Gasteiger partial charge in [-0.3, -0.25) is 4.79 Å². The quantitative estimate of drug-likeness (QED) is 0.742. The molecule has 0 spiro atoms. The number of nitrogens with two attached hydrogens (primary N) is 2. The number of rotatable bonds is 7. The van der Waals surface area contributed by atoms with Crippen molar-refractivity contribution in [2.75, 3.05) is 6.61 Å². The molecule has 0 radical (unpaired) electrons. The van der Waals surface area contributed by atoms with E-state index in [-0.39, 0.29) is 5.92 Å². The summed E-state index contributed by atoms with van der Waals surface area (Å²) >= 11 is 0. The Morgan fingerprint density at radius 3 is 2.59 bits per heavy atom. The maximum Gasteiger partial charge on any atom is 0.234 e. The zero-order chi connectivity index (χ0) is 12.7. The predicted octanol–water partition coefficient (Wildman–Crippen LogP) is 1.04. The number of benzene rings is 1. The Hall–Kier alpha value is -1.39. The molecule has 1 rings (SSSR count). The SMILES string of the molecule is CC(COCc1ccccc1)CC(N)C(N)=O. The second-order valence-electron chi connectivity index (χ2n) is 4.35. The van der Waals surface area contributed by atoms with Crippen LogP contribution in [0.2, 0.25) is 0 Å². The van der Waals surface area contributed by atoms with Crippen molar-refractivity contribution in [1.82, 2.24) is 0 Å². The Balaban J connectivity index is 2.20. The highest BCUT2D eigenvalue weighted by molar-refractivity contribution is 5.79. The van der Waals surface area contributed by atoms with Crippen LogP contribution in [0.1, 0.15) is 18.9 Å². The van der Waals surface area contributed by atoms with E-state index in [0.29, 0.717) is 19.6 Å². The van der Waals surface area contributed by atoms with Crippen molar-refractivity contribution in [3.8, 4) is 0 Å². The number of hydrogen-bond donors (Lipinski definition) is 2. The standard InChI is InChI=1S/C13H20N2O2/c1-10(7-12(14)13(15)16)8-17-9-11-5-3-2-4-6-11/h2-6,10,12H,7-9,14H2,1H3,(H2,15,16). The molecule has 0 aliphatic rings. The summed E-state index contributed by atoms with van der Waals surface area (Å²) in [6.07, 6.45) is 0.560. The van der Waals surface area contributed by atoms with Gasteiger partial charge in [0.15, 0.2) is 0 Å². The van der Waals surface area contributed by atoms with Gasteiger partial charge in [-0.05, 0) is 17.9 Å². The lowest BCUT2D eigenvalue weighted by Gasteiger charge is -2.15. The zero-order valence-corrected chi connectivity index (χ0v) is 10.1. The maximum absolute atomic E-state index is 10.8. The van der Waals surface area contributed by atoms with Gasteiger partial charge in [0.25, 0.3) is 0 Å². The molecule has 4 nitrogen and oxygen atoms in total. The van der Waals surface area contributed by atoms with E-state index in [2.05, 4.69) is 0 Å². The van der Waals surface area contributed by atoms with E-state index in [0.717, 1.165) is 5.56 Å². The number of hydrogen-bond acceptors (Lipinski definition) is 3. The monoisotopic (exact) mass is 236 g/mol. The molecule has 0 bridgehead atoms. The van der Waals surface area contributed by atoms with Crippen LogP contribution in [0.3, 0.4) is 0 Å². The van der Waals surface area contributed by atoms with E-state index < -0.39 is 11.9 Å². The fourth-order valence-electron chi connectivity index (χ4n) is 1.57. The molecule has 0 aromatic heterocycles. The highest BCUT2D eigenvalue weighted by Gasteiger charge is 2.13. The Labute approximate surface area is 102 Å². The average Bonchev–Trinajstić information content (AvgIpc) is 2.30. The third-order valence-electron chi connectivity index (χ3n) is 2.54. The first-order chi connectivity index (χ1) is 8.09. The van der Waals surface area contributed by atoms with Crippen molar-refractivity contribution in [2.24, 2.45) is 17.4 Å². The van der Waals surface area contributed by atoms with Gasteiger partial charge < -0.3 is 16.2 Å². The normalized spacial score (nSPS) is 14.2. The Morgan fingerprint density at radius 1 is 1.35 bits per heavy atom. The Morgan fingerprint density at radius 2 is 2.00 bits per heavy atom. The third-order valence-corrected chi connectivity index (χ3v) is 2.54. The smallest absolute Gasteiger partial charge is 0.234 e. The summed E-state index contributed by atoms with van der Waals surface area (Å²) < 4.78 is 5.55. The van der Waals surface area contributed by atoms with E-state index in [1.807, 2.05) is 37.3 Å². The Bertz CT molecular complexity index is 341. The van der Waals surface area contributed by atoms with Crippen molar-refractivity contribution in [1.29, 1.82) is 0 Å². The number of carbonyl (C=O) groups is 1. The molecule has 2 unspecified atom stereocenters. The lowest BCUT2D eigenvalue weighted by atomic mass is 10.0. The van der Waals surface area contributed by atoms with Crippen LogP contribution in [0.15, 0.2) is 30.3 Å². The van der Waals surface area contributed by atoms with Gasteiger partial charge in [-0.25, -0.2) is 0 Å². The molecule has 4 heteroatoms. The second kappa shape index (κ2) is 7.04. The number of ether oxygens (including phenoxy) is 1. The summed E-state index contributed by atoms with van der Waals surface area (Å²) in [4.78, 5) is 10.8. The molecule has 94 valence electrons. The minimum Gasteiger partial charge on any atom is -0.376 e. The van der Waals surface area contributed by atoms with E-state index >= 15 is 0 Å². The predicted molar refractivity (Wildman–Crippen MR) is 67.0 cm³/mol. The molecule has 4 N–H and O–H groups in total. The lowest BCUT2D eigenvalue weighted by molar-refractivity contribution is -0.119. The van der Waals surface area contributed by atoms with Crippen LogP contribution < -0.4 is 11.5 Å². The largest absolute Gasteiger partial charge is 0.376 e. The van der Waals surface area contributed by atoms with Crippen molar-refractivity contribution >= 4 is 5.91 Å². The highest BCUT2D eigenvalue weighted by atomic mass is 16.5. The molecule has 2 atom stereocenters. The minimum absolute atomic E-state index is 0.223. The van der Waals surface area contributed by atoms with Gasteiger partial charge in [-0.1, -0.05) is 37.3 Å². The fraction of sp³-hybridized carbons (Fsp3) is 0.462. The third kappa shape index (κ3) is 5.47. The maximum atomic E-state index is 10.8. The summed E-state index contributed by atoms with van der Waals surface area (Å²) in [5, 5.41) is 0. The van der Waals surface area contributed by atoms with Crippen LogP contribution >= 0.6 is 0 Å². The second-order valence-corrected chi connectivity index (χ2v) is 4.35. The van der Waals surface area contributed by atoms with Crippen molar-refractivity contribution < 1.29 is 9.53 Å². The molecule has 17 heavy (non-hydrogen) atoms. The van der Waals surface area contributed by atoms with Crippen molar-refractivity contribution in [3.05, 3.63) is 35.9 Å². The van der Waals surface area contributed by atoms with Crippen molar-refractivity contribution in [3.63, 3.8) is 0 Å². The molecule has 0 saturated heterocycles. The van der Waals surface area contributed by atoms with Gasteiger partial charge in [-0.15, -0.1) is 0 Å². The van der Waals surface area contributed by atoms with Crippen LogP contribution in [-0.4, -0.2) is 18.6 Å². The van der Waals surface area contributed by atoms with Crippen molar-refractivity contribution in [2.45, 2.75) is 26.0 Å². The first-order valence-electron chi connectivity index (χ1n) is 5.76. The molecule has 0 heterocycles. The topological polar surface area (TPSA) is 78.3 Å². The lowest BCUT2D eigenvalue weighted by Crippen LogP contribution is -2.38. The average molecular weight is 236 g/mol. The molecular weight excluding hydrogens is 216 g/mol. The first-order valence-corrected chi connectivity index (χ1v) is 5.76. The highest BCUT2D eigenvalue weighted by Crippen LogP contribution is 2.07. The minimum atomic E-state index is -0.578. The summed E-state index contributed by atoms with van der Waals surface area (Å²) in [5.74, 6) is -0.235. The van der Waals surface area contributed by atoms with Crippen LogP contribution in [-0.2, 0) is 16.1 Å². The van der Waals surface area contributed by atoms with Gasteiger partial charge >= 0.3 is 0 Å². The number of carbonyl (C=O) groups excluding carboxylic acids is 1. The number of amides is 1. The number of primary amides is 1. The molecule has 1 aromatic rings. The summed E-state index contributed by atoms with van der Waals surface area (Å²) in [7, 11) is 0. The van der Waals surface area contributed by atoms with Crippen LogP contribution in [0.25, 0.3) is 0 Å². The summed E-state index contributed by atoms with van der Waals surface area (Å²) in [5.41, 5.74) is 11.8. The molecule has 0 aliphatic heterocycles. The van der Waals surface area contributed by atoms with Gasteiger partial charge in [0.2, 0.25) is 5.91 Å². The first kappa shape index (κ1) is 13.7. The fourth-order valence-corrected chi connectivity index (χ4v) is 1.57. The van der Waals surface area contributed by atoms with Gasteiger partial charge in [0, 0.05) is 6.61 Å². The van der Waals surface area contributed by atoms with E-state index in [1.165, 1.54) is 0 Å². The zero-order valence-electron chi connectivity index (χ0n) is 10.1. The van der Waals surface area contributed by atoms with Crippen LogP contribution in [0.4, 0.5) is 0 Å². The van der Waals surface area contributed by atoms with Gasteiger partial charge in [0.1, 0.15) is 0 Å². The van der Waals surface area contributed by atoms with Gasteiger partial charge in [-0.2, -0.15) is 0 Å². The summed E-state index contributed by atoms with van der Waals surface area (Å²) in [6.45, 7) is 3.15. The molecule has 0 fully saturated rings. The van der Waals surface area contributed by atoms with Gasteiger partial charge in [0.05, 0.1) is 12.6 Å². The Kier molecular flexibility index (Phi) is 5.66. The summed E-state index contributed by atoms with van der Waals surface area (Å²) in [6, 6.07) is 9.37. The molecule has 0 saturated carbocycles. The van der Waals surface area contributed by atoms with E-state index in [4.69, 9.17) is 16.2 Å². The molecule has 0 aliphatic carbocycles. The van der Waals surface area contributed by atoms with Crippen LogP contribution in [0, 0.1) is 5.92 Å². The van der Waals surface area contributed by atoms with Crippen LogP contribution in [0.5, 0.6) is 0 Å². The van der Waals surface area contributed by atoms with E-state index in [1.54, 1.807) is 0 Å². The molecular formula is C13H20N2O2. The molecule has 1 amide bonds. The van der Waals surface area contributed by atoms with E-state index in [9.17, 15) is 4.79 Å².